The summed E-state index contributed by atoms with van der Waals surface area (Å²) < 4.78 is 42.1. The van der Waals surface area contributed by atoms with Gasteiger partial charge in [-0.15, -0.1) is 11.8 Å². The average molecular weight is 395 g/mol. The molecule has 1 aliphatic heterocycles. The summed E-state index contributed by atoms with van der Waals surface area (Å²) in [6.45, 7) is 1.53. The lowest BCUT2D eigenvalue weighted by atomic mass is 10.2. The highest BCUT2D eigenvalue weighted by molar-refractivity contribution is 8.00. The van der Waals surface area contributed by atoms with Crippen LogP contribution in [0.15, 0.2) is 41.3 Å². The Hall–Kier alpha value is -2.81. The molecule has 0 fully saturated rings. The molecule has 27 heavy (non-hydrogen) atoms. The lowest BCUT2D eigenvalue weighted by Gasteiger charge is -2.14. The van der Waals surface area contributed by atoms with Crippen molar-refractivity contribution >= 4 is 29.3 Å². The van der Waals surface area contributed by atoms with Crippen molar-refractivity contribution in [3.63, 3.8) is 0 Å². The second kappa shape index (κ2) is 8.26. The minimum atomic E-state index is -1.07. The van der Waals surface area contributed by atoms with Crippen molar-refractivity contribution in [2.45, 2.75) is 17.9 Å². The first-order chi connectivity index (χ1) is 12.9. The number of carbonyl (C=O) groups is 2. The summed E-state index contributed by atoms with van der Waals surface area (Å²) in [6.07, 6.45) is -1.07. The third-order valence-corrected chi connectivity index (χ3v) is 4.56. The second-order valence-corrected chi connectivity index (χ2v) is 6.57. The number of halogens is 2. The molecule has 1 amide bonds. The van der Waals surface area contributed by atoms with Crippen molar-refractivity contribution in [2.24, 2.45) is 0 Å². The summed E-state index contributed by atoms with van der Waals surface area (Å²) in [6, 6.07) is 7.83. The van der Waals surface area contributed by atoms with Crippen LogP contribution in [0.2, 0.25) is 0 Å². The van der Waals surface area contributed by atoms with Crippen molar-refractivity contribution < 1.29 is 32.6 Å². The molecule has 0 spiro atoms. The number of amides is 1. The fraction of sp³-hybridized carbons (Fsp3) is 0.222. The number of nitrogens with one attached hydrogen (secondary N) is 1. The predicted octanol–water partition coefficient (Wildman–Crippen LogP) is 3.36. The number of hydrogen-bond donors (Lipinski definition) is 1. The van der Waals surface area contributed by atoms with Gasteiger partial charge < -0.3 is 19.5 Å². The minimum absolute atomic E-state index is 0.00980. The molecule has 6 nitrogen and oxygen atoms in total. The minimum Gasteiger partial charge on any atom is -0.454 e. The molecule has 0 saturated carbocycles. The van der Waals surface area contributed by atoms with Crippen LogP contribution in [0.4, 0.5) is 14.5 Å². The van der Waals surface area contributed by atoms with E-state index in [2.05, 4.69) is 5.32 Å². The molecular weight excluding hydrogens is 380 g/mol. The monoisotopic (exact) mass is 395 g/mol. The van der Waals surface area contributed by atoms with Crippen molar-refractivity contribution in [2.75, 3.05) is 17.9 Å². The van der Waals surface area contributed by atoms with Gasteiger partial charge in [-0.2, -0.15) is 0 Å². The van der Waals surface area contributed by atoms with Gasteiger partial charge in [0.05, 0.1) is 5.75 Å². The Labute approximate surface area is 157 Å². The van der Waals surface area contributed by atoms with Crippen molar-refractivity contribution in [3.05, 3.63) is 48.0 Å². The van der Waals surface area contributed by atoms with Crippen LogP contribution >= 0.6 is 11.8 Å². The highest BCUT2D eigenvalue weighted by Crippen LogP contribution is 2.34. The number of hydrogen-bond acceptors (Lipinski definition) is 6. The highest BCUT2D eigenvalue weighted by atomic mass is 32.2. The quantitative estimate of drug-likeness (QED) is 0.597. The van der Waals surface area contributed by atoms with E-state index in [9.17, 15) is 18.4 Å². The van der Waals surface area contributed by atoms with Gasteiger partial charge >= 0.3 is 5.97 Å². The summed E-state index contributed by atoms with van der Waals surface area (Å²) in [5, 5.41) is 2.60. The molecule has 1 heterocycles. The van der Waals surface area contributed by atoms with Gasteiger partial charge in [-0.05, 0) is 37.3 Å². The molecule has 1 atom stereocenters. The maximum absolute atomic E-state index is 13.5. The summed E-state index contributed by atoms with van der Waals surface area (Å²) in [5.41, 5.74) is 0.461. The molecule has 0 bridgehead atoms. The average Bonchev–Trinajstić information content (AvgIpc) is 3.10. The predicted molar refractivity (Wildman–Crippen MR) is 93.8 cm³/mol. The van der Waals surface area contributed by atoms with E-state index in [0.717, 1.165) is 30.0 Å². The molecule has 0 aliphatic carbocycles. The summed E-state index contributed by atoms with van der Waals surface area (Å²) >= 11 is 0.789. The van der Waals surface area contributed by atoms with Crippen LogP contribution < -0.4 is 14.8 Å². The Balaban J connectivity index is 1.50. The Kier molecular flexibility index (Phi) is 5.80. The van der Waals surface area contributed by atoms with Gasteiger partial charge in [0.1, 0.15) is 11.6 Å². The third-order valence-electron chi connectivity index (χ3n) is 3.56. The largest absolute Gasteiger partial charge is 0.454 e. The molecular formula is C18H15F2NO5S. The van der Waals surface area contributed by atoms with Crippen LogP contribution in [0.1, 0.15) is 6.92 Å². The lowest BCUT2D eigenvalue weighted by Crippen LogP contribution is -2.30. The fourth-order valence-corrected chi connectivity index (χ4v) is 2.97. The molecule has 3 rings (SSSR count). The first-order valence-corrected chi connectivity index (χ1v) is 8.89. The van der Waals surface area contributed by atoms with Crippen LogP contribution in [0.25, 0.3) is 0 Å². The Morgan fingerprint density at radius 1 is 1.19 bits per heavy atom. The number of ether oxygens (including phenoxy) is 3. The van der Waals surface area contributed by atoms with Crippen LogP contribution in [0.5, 0.6) is 11.5 Å². The number of thioether (sulfide) groups is 1. The fourth-order valence-electron chi connectivity index (χ4n) is 2.23. The van der Waals surface area contributed by atoms with E-state index in [4.69, 9.17) is 14.2 Å². The van der Waals surface area contributed by atoms with Crippen molar-refractivity contribution in [3.8, 4) is 11.5 Å². The molecule has 2 aromatic rings. The normalized spacial score (nSPS) is 13.1. The van der Waals surface area contributed by atoms with E-state index in [1.807, 2.05) is 0 Å². The number of anilines is 1. The Bertz CT molecular complexity index is 877. The van der Waals surface area contributed by atoms with Crippen molar-refractivity contribution in [1.29, 1.82) is 0 Å². The van der Waals surface area contributed by atoms with Gasteiger partial charge in [-0.1, -0.05) is 0 Å². The molecule has 0 saturated heterocycles. The van der Waals surface area contributed by atoms with Gasteiger partial charge in [0.2, 0.25) is 6.79 Å². The number of benzene rings is 2. The van der Waals surface area contributed by atoms with Crippen LogP contribution in [-0.2, 0) is 14.3 Å². The van der Waals surface area contributed by atoms with Crippen molar-refractivity contribution in [1.82, 2.24) is 0 Å². The van der Waals surface area contributed by atoms with Crippen LogP contribution in [0, 0.1) is 11.6 Å². The molecule has 0 radical (unpaired) electrons. The highest BCUT2D eigenvalue weighted by Gasteiger charge is 2.20. The number of fused-ring (bicyclic) bond motifs is 1. The SMILES string of the molecule is C[C@H](OC(=O)CSc1cc(F)ccc1F)C(=O)Nc1ccc2c(c1)OCO2. The lowest BCUT2D eigenvalue weighted by molar-refractivity contribution is -0.150. The van der Waals surface area contributed by atoms with Crippen LogP contribution in [-0.4, -0.2) is 30.5 Å². The summed E-state index contributed by atoms with van der Waals surface area (Å²) in [7, 11) is 0. The molecule has 0 aromatic heterocycles. The van der Waals surface area contributed by atoms with E-state index in [-0.39, 0.29) is 17.4 Å². The number of esters is 1. The second-order valence-electron chi connectivity index (χ2n) is 5.55. The van der Waals surface area contributed by atoms with Gasteiger partial charge in [-0.25, -0.2) is 8.78 Å². The van der Waals surface area contributed by atoms with Gasteiger partial charge in [0.25, 0.3) is 5.91 Å². The summed E-state index contributed by atoms with van der Waals surface area (Å²) in [5.74, 6) is -1.69. The number of rotatable bonds is 6. The smallest absolute Gasteiger partial charge is 0.317 e. The van der Waals surface area contributed by atoms with Gasteiger partial charge in [-0.3, -0.25) is 9.59 Å². The molecule has 142 valence electrons. The van der Waals surface area contributed by atoms with E-state index in [0.29, 0.717) is 17.2 Å². The van der Waals surface area contributed by atoms with Gasteiger partial charge in [0.15, 0.2) is 17.6 Å². The topological polar surface area (TPSA) is 73.9 Å². The Morgan fingerprint density at radius 3 is 2.78 bits per heavy atom. The number of carbonyl (C=O) groups excluding carboxylic acids is 2. The molecule has 9 heteroatoms. The first kappa shape index (κ1) is 19.0. The molecule has 2 aromatic carbocycles. The van der Waals surface area contributed by atoms with E-state index in [1.165, 1.54) is 6.92 Å². The third kappa shape index (κ3) is 4.88. The Morgan fingerprint density at radius 2 is 1.96 bits per heavy atom. The van der Waals surface area contributed by atoms with Crippen LogP contribution in [0.3, 0.4) is 0 Å². The van der Waals surface area contributed by atoms with E-state index < -0.39 is 29.6 Å². The maximum atomic E-state index is 13.5. The molecule has 1 aliphatic rings. The first-order valence-electron chi connectivity index (χ1n) is 7.90. The zero-order valence-electron chi connectivity index (χ0n) is 14.2. The molecule has 0 unspecified atom stereocenters. The van der Waals surface area contributed by atoms with E-state index in [1.54, 1.807) is 18.2 Å². The summed E-state index contributed by atoms with van der Waals surface area (Å²) in [4.78, 5) is 24.0. The maximum Gasteiger partial charge on any atom is 0.317 e. The zero-order valence-corrected chi connectivity index (χ0v) is 15.0. The standard InChI is InChI=1S/C18H15F2NO5S/c1-10(18(23)21-12-3-5-14-15(7-12)25-9-24-14)26-17(22)8-27-16-6-11(19)2-4-13(16)20/h2-7,10H,8-9H2,1H3,(H,21,23)/t10-/m0/s1. The molecule has 1 N–H and O–H groups in total. The van der Waals surface area contributed by atoms with E-state index >= 15 is 0 Å². The zero-order chi connectivity index (χ0) is 19.4. The van der Waals surface area contributed by atoms with Gasteiger partial charge in [0, 0.05) is 16.6 Å².